The van der Waals surface area contributed by atoms with Crippen molar-refractivity contribution in [3.63, 3.8) is 0 Å². The molecule has 0 radical (unpaired) electrons. The molecule has 6 nitrogen and oxygen atoms in total. The van der Waals surface area contributed by atoms with Gasteiger partial charge in [-0.1, -0.05) is 35.9 Å². The average Bonchev–Trinajstić information content (AvgIpc) is 2.62. The molecular weight excluding hydrogens is 342 g/mol. The van der Waals surface area contributed by atoms with Gasteiger partial charge in [0.1, 0.15) is 5.75 Å². The summed E-state index contributed by atoms with van der Waals surface area (Å²) in [5.74, 6) is 0.0707. The van der Waals surface area contributed by atoms with Crippen LogP contribution in [0.1, 0.15) is 5.56 Å². The molecular formula is C18H20ClN3O3. The van der Waals surface area contributed by atoms with E-state index < -0.39 is 0 Å². The number of carbonyl (C=O) groups excluding carboxylic acids is 1. The maximum Gasteiger partial charge on any atom is 0.277 e. The molecule has 0 unspecified atom stereocenters. The number of hydrazone groups is 1. The molecule has 2 aromatic carbocycles. The Hall–Kier alpha value is -2.57. The average molecular weight is 362 g/mol. The van der Waals surface area contributed by atoms with Crippen LogP contribution < -0.4 is 15.1 Å². The van der Waals surface area contributed by atoms with Gasteiger partial charge in [-0.25, -0.2) is 5.43 Å². The fraction of sp³-hybridized carbons (Fsp3) is 0.222. The number of hydrogen-bond donors (Lipinski definition) is 2. The van der Waals surface area contributed by atoms with Crippen LogP contribution in [0.3, 0.4) is 0 Å². The van der Waals surface area contributed by atoms with Crippen molar-refractivity contribution in [3.8, 4) is 5.75 Å². The summed E-state index contributed by atoms with van der Waals surface area (Å²) in [4.78, 5) is 13.6. The largest absolute Gasteiger partial charge is 0.482 e. The lowest BCUT2D eigenvalue weighted by Gasteiger charge is -2.17. The van der Waals surface area contributed by atoms with Gasteiger partial charge in [0, 0.05) is 19.3 Å². The monoisotopic (exact) mass is 361 g/mol. The molecule has 0 aromatic heterocycles. The number of nitrogens with one attached hydrogen (secondary N) is 1. The second kappa shape index (κ2) is 9.66. The lowest BCUT2D eigenvalue weighted by atomic mass is 10.2. The molecule has 0 aliphatic rings. The third kappa shape index (κ3) is 6.10. The van der Waals surface area contributed by atoms with Gasteiger partial charge in [-0.3, -0.25) is 4.79 Å². The number of para-hydroxylation sites is 1. The van der Waals surface area contributed by atoms with E-state index in [0.29, 0.717) is 17.3 Å². The van der Waals surface area contributed by atoms with Gasteiger partial charge in [-0.2, -0.15) is 5.10 Å². The number of aliphatic hydroxyl groups excluding tert-OH is 1. The Labute approximate surface area is 151 Å². The van der Waals surface area contributed by atoms with Crippen molar-refractivity contribution in [2.45, 2.75) is 0 Å². The van der Waals surface area contributed by atoms with Crippen LogP contribution in [0, 0.1) is 0 Å². The fourth-order valence-corrected chi connectivity index (χ4v) is 2.20. The van der Waals surface area contributed by atoms with Crippen LogP contribution in [0.2, 0.25) is 5.02 Å². The fourth-order valence-electron chi connectivity index (χ4n) is 2.01. The van der Waals surface area contributed by atoms with Crippen LogP contribution in [0.5, 0.6) is 5.75 Å². The summed E-state index contributed by atoms with van der Waals surface area (Å²) < 4.78 is 5.32. The van der Waals surface area contributed by atoms with E-state index >= 15 is 0 Å². The first kappa shape index (κ1) is 18.8. The van der Waals surface area contributed by atoms with Crippen LogP contribution in [0.4, 0.5) is 5.69 Å². The quantitative estimate of drug-likeness (QED) is 0.559. The molecule has 2 aromatic rings. The number of hydrogen-bond acceptors (Lipinski definition) is 5. The summed E-state index contributed by atoms with van der Waals surface area (Å²) in [6.45, 7) is 0.489. The molecule has 7 heteroatoms. The van der Waals surface area contributed by atoms with Crippen molar-refractivity contribution in [3.05, 3.63) is 59.1 Å². The number of anilines is 1. The number of benzene rings is 2. The van der Waals surface area contributed by atoms with Crippen LogP contribution in [0.25, 0.3) is 0 Å². The number of likely N-dealkylation sites (N-methyl/N-ethyl adjacent to an activating group) is 1. The Bertz CT molecular complexity index is 720. The Morgan fingerprint density at radius 3 is 2.68 bits per heavy atom. The molecule has 0 saturated heterocycles. The third-order valence-electron chi connectivity index (χ3n) is 3.37. The van der Waals surface area contributed by atoms with Crippen molar-refractivity contribution < 1.29 is 14.6 Å². The Morgan fingerprint density at radius 2 is 2.00 bits per heavy atom. The smallest absolute Gasteiger partial charge is 0.277 e. The number of amides is 1. The summed E-state index contributed by atoms with van der Waals surface area (Å²) >= 11 is 5.94. The zero-order valence-electron chi connectivity index (χ0n) is 13.9. The van der Waals surface area contributed by atoms with Gasteiger partial charge >= 0.3 is 0 Å². The molecule has 2 rings (SSSR count). The number of carbonyl (C=O) groups is 1. The van der Waals surface area contributed by atoms with E-state index in [1.165, 1.54) is 0 Å². The summed E-state index contributed by atoms with van der Waals surface area (Å²) in [6.07, 6.45) is 1.54. The number of nitrogens with zero attached hydrogens (tertiary/aromatic N) is 2. The molecule has 25 heavy (non-hydrogen) atoms. The topological polar surface area (TPSA) is 74.2 Å². The second-order valence-electron chi connectivity index (χ2n) is 5.25. The highest BCUT2D eigenvalue weighted by Crippen LogP contribution is 2.22. The summed E-state index contributed by atoms with van der Waals surface area (Å²) in [7, 11) is 1.90. The van der Waals surface area contributed by atoms with Gasteiger partial charge in [-0.05, 0) is 29.8 Å². The lowest BCUT2D eigenvalue weighted by molar-refractivity contribution is -0.123. The summed E-state index contributed by atoms with van der Waals surface area (Å²) in [6, 6.07) is 14.5. The maximum atomic E-state index is 11.7. The normalized spacial score (nSPS) is 10.7. The van der Waals surface area contributed by atoms with Crippen molar-refractivity contribution in [1.29, 1.82) is 0 Å². The molecule has 0 atom stereocenters. The van der Waals surface area contributed by atoms with Gasteiger partial charge in [0.2, 0.25) is 0 Å². The molecule has 2 N–H and O–H groups in total. The Kier molecular flexibility index (Phi) is 7.25. The van der Waals surface area contributed by atoms with E-state index in [4.69, 9.17) is 21.4 Å². The number of rotatable bonds is 8. The van der Waals surface area contributed by atoms with E-state index in [-0.39, 0.29) is 19.1 Å². The first-order valence-electron chi connectivity index (χ1n) is 7.71. The number of aliphatic hydroxyl groups is 1. The molecule has 1 amide bonds. The van der Waals surface area contributed by atoms with Crippen molar-refractivity contribution in [2.75, 3.05) is 31.7 Å². The Morgan fingerprint density at radius 1 is 1.28 bits per heavy atom. The van der Waals surface area contributed by atoms with Crippen molar-refractivity contribution in [1.82, 2.24) is 5.43 Å². The molecule has 0 aliphatic carbocycles. The van der Waals surface area contributed by atoms with Gasteiger partial charge in [-0.15, -0.1) is 0 Å². The highest BCUT2D eigenvalue weighted by molar-refractivity contribution is 6.32. The van der Waals surface area contributed by atoms with Crippen molar-refractivity contribution >= 4 is 29.4 Å². The van der Waals surface area contributed by atoms with E-state index in [9.17, 15) is 4.79 Å². The van der Waals surface area contributed by atoms with Crippen LogP contribution in [-0.2, 0) is 4.79 Å². The standard InChI is InChI=1S/C18H20ClN3O3/c1-22(10-11-23)15-8-6-14(7-9-15)12-20-21-18(24)13-25-17-5-3-2-4-16(17)19/h2-9,12,23H,10-11,13H2,1H3,(H,21,24)/b20-12+. The van der Waals surface area contributed by atoms with E-state index in [2.05, 4.69) is 10.5 Å². The molecule has 0 bridgehead atoms. The highest BCUT2D eigenvalue weighted by Gasteiger charge is 2.04. The minimum absolute atomic E-state index is 0.0992. The number of halogens is 1. The SMILES string of the molecule is CN(CCO)c1ccc(/C=N/NC(=O)COc2ccccc2Cl)cc1. The van der Waals surface area contributed by atoms with Gasteiger partial charge in [0.15, 0.2) is 6.61 Å². The Balaban J connectivity index is 1.80. The van der Waals surface area contributed by atoms with E-state index in [0.717, 1.165) is 11.3 Å². The van der Waals surface area contributed by atoms with Crippen LogP contribution in [0.15, 0.2) is 53.6 Å². The van der Waals surface area contributed by atoms with E-state index in [1.54, 1.807) is 30.5 Å². The molecule has 0 heterocycles. The second-order valence-corrected chi connectivity index (χ2v) is 5.66. The molecule has 0 fully saturated rings. The van der Waals surface area contributed by atoms with Crippen molar-refractivity contribution in [2.24, 2.45) is 5.10 Å². The van der Waals surface area contributed by atoms with Gasteiger partial charge < -0.3 is 14.7 Å². The third-order valence-corrected chi connectivity index (χ3v) is 3.68. The minimum Gasteiger partial charge on any atom is -0.482 e. The zero-order valence-corrected chi connectivity index (χ0v) is 14.6. The van der Waals surface area contributed by atoms with Crippen LogP contribution in [-0.4, -0.2) is 44.0 Å². The lowest BCUT2D eigenvalue weighted by Crippen LogP contribution is -2.24. The predicted molar refractivity (Wildman–Crippen MR) is 99.5 cm³/mol. The first-order valence-corrected chi connectivity index (χ1v) is 8.09. The first-order chi connectivity index (χ1) is 12.1. The van der Waals surface area contributed by atoms with Crippen LogP contribution >= 0.6 is 11.6 Å². The van der Waals surface area contributed by atoms with Gasteiger partial charge in [0.25, 0.3) is 5.91 Å². The minimum atomic E-state index is -0.379. The summed E-state index contributed by atoms with van der Waals surface area (Å²) in [5, 5.41) is 13.3. The van der Waals surface area contributed by atoms with Gasteiger partial charge in [0.05, 0.1) is 17.8 Å². The number of ether oxygens (including phenoxy) is 1. The molecule has 0 aliphatic heterocycles. The highest BCUT2D eigenvalue weighted by atomic mass is 35.5. The zero-order chi connectivity index (χ0) is 18.1. The van der Waals surface area contributed by atoms with E-state index in [1.807, 2.05) is 36.2 Å². The molecule has 0 saturated carbocycles. The maximum absolute atomic E-state index is 11.7. The molecule has 132 valence electrons. The molecule has 0 spiro atoms. The summed E-state index contributed by atoms with van der Waals surface area (Å²) in [5.41, 5.74) is 4.23. The predicted octanol–water partition coefficient (Wildman–Crippen LogP) is 2.30.